The number of primary amides is 1. The third kappa shape index (κ3) is 10.8. The van der Waals surface area contributed by atoms with E-state index in [2.05, 4.69) is 16.0 Å². The zero-order valence-corrected chi connectivity index (χ0v) is 19.4. The minimum atomic E-state index is -1.39. The highest BCUT2D eigenvalue weighted by atomic mass is 32.2. The Kier molecular flexibility index (Phi) is 14.3. The van der Waals surface area contributed by atoms with E-state index in [0.717, 1.165) is 0 Å². The fraction of sp³-hybridized carbons (Fsp3) is 0.737. The lowest BCUT2D eigenvalue weighted by Gasteiger charge is -2.26. The summed E-state index contributed by atoms with van der Waals surface area (Å²) in [5, 5.41) is 26.1. The Bertz CT molecular complexity index is 664. The van der Waals surface area contributed by atoms with Gasteiger partial charge in [-0.15, -0.1) is 0 Å². The summed E-state index contributed by atoms with van der Waals surface area (Å²) in [5.41, 5.74) is 10.7. The molecule has 32 heavy (non-hydrogen) atoms. The van der Waals surface area contributed by atoms with Gasteiger partial charge in [-0.25, -0.2) is 4.79 Å². The summed E-state index contributed by atoms with van der Waals surface area (Å²) in [6, 6.07) is -4.71. The maximum absolute atomic E-state index is 12.7. The van der Waals surface area contributed by atoms with E-state index >= 15 is 0 Å². The van der Waals surface area contributed by atoms with E-state index in [4.69, 9.17) is 11.5 Å². The second-order valence-electron chi connectivity index (χ2n) is 7.41. The molecule has 0 bridgehead atoms. The van der Waals surface area contributed by atoms with Gasteiger partial charge in [0.1, 0.15) is 18.1 Å². The Morgan fingerprint density at radius 1 is 0.969 bits per heavy atom. The Morgan fingerprint density at radius 3 is 2.00 bits per heavy atom. The van der Waals surface area contributed by atoms with Gasteiger partial charge in [-0.1, -0.05) is 20.3 Å². The van der Waals surface area contributed by atoms with Crippen LogP contribution in [0.2, 0.25) is 0 Å². The number of aliphatic hydroxyl groups is 1. The van der Waals surface area contributed by atoms with Crippen molar-refractivity contribution in [2.24, 2.45) is 17.4 Å². The molecule has 0 aliphatic heterocycles. The second-order valence-corrected chi connectivity index (χ2v) is 8.39. The Hall–Kier alpha value is -2.38. The molecule has 5 atom stereocenters. The van der Waals surface area contributed by atoms with E-state index in [1.807, 2.05) is 0 Å². The molecule has 0 fully saturated rings. The van der Waals surface area contributed by atoms with Crippen LogP contribution in [0.15, 0.2) is 0 Å². The van der Waals surface area contributed by atoms with Gasteiger partial charge in [0.05, 0.1) is 12.6 Å². The molecule has 0 spiro atoms. The van der Waals surface area contributed by atoms with Crippen molar-refractivity contribution in [1.29, 1.82) is 0 Å². The molecule has 4 amide bonds. The van der Waals surface area contributed by atoms with E-state index in [9.17, 15) is 34.2 Å². The maximum atomic E-state index is 12.7. The number of aliphatic carboxylic acids is 1. The van der Waals surface area contributed by atoms with Crippen LogP contribution >= 0.6 is 11.8 Å². The molecule has 0 aromatic rings. The van der Waals surface area contributed by atoms with Gasteiger partial charge in [0.25, 0.3) is 0 Å². The highest BCUT2D eigenvalue weighted by Crippen LogP contribution is 2.09. The van der Waals surface area contributed by atoms with Crippen molar-refractivity contribution in [3.05, 3.63) is 0 Å². The summed E-state index contributed by atoms with van der Waals surface area (Å²) in [6.45, 7) is 2.72. The number of thioether (sulfide) groups is 1. The lowest BCUT2D eigenvalue weighted by Crippen LogP contribution is -2.58. The van der Waals surface area contributed by atoms with E-state index in [-0.39, 0.29) is 25.2 Å². The molecule has 184 valence electrons. The number of carbonyl (C=O) groups is 5. The van der Waals surface area contributed by atoms with E-state index in [0.29, 0.717) is 12.2 Å². The van der Waals surface area contributed by atoms with Gasteiger partial charge >= 0.3 is 5.97 Å². The molecule has 0 aliphatic carbocycles. The number of nitrogens with one attached hydrogen (secondary N) is 3. The van der Waals surface area contributed by atoms with Gasteiger partial charge in [-0.05, 0) is 30.8 Å². The lowest BCUT2D eigenvalue weighted by atomic mass is 9.98. The van der Waals surface area contributed by atoms with E-state index in [1.54, 1.807) is 20.1 Å². The first-order valence-corrected chi connectivity index (χ1v) is 11.6. The van der Waals surface area contributed by atoms with Gasteiger partial charge in [0.15, 0.2) is 0 Å². The van der Waals surface area contributed by atoms with Crippen LogP contribution in [0, 0.1) is 5.92 Å². The normalized spacial score (nSPS) is 15.5. The van der Waals surface area contributed by atoms with Gasteiger partial charge in [0.2, 0.25) is 23.6 Å². The SMILES string of the molecule is CCC(C)C(NC(=O)C(CCSC)NC(=O)C(CO)NC(=O)C(N)CCC(N)=O)C(=O)O. The molecule has 0 saturated heterocycles. The fourth-order valence-electron chi connectivity index (χ4n) is 2.62. The fourth-order valence-corrected chi connectivity index (χ4v) is 3.09. The summed E-state index contributed by atoms with van der Waals surface area (Å²) in [6.07, 6.45) is 2.37. The van der Waals surface area contributed by atoms with Gasteiger partial charge in [-0.2, -0.15) is 11.8 Å². The average molecular weight is 478 g/mol. The number of rotatable bonds is 16. The smallest absolute Gasteiger partial charge is 0.326 e. The summed E-state index contributed by atoms with van der Waals surface area (Å²) < 4.78 is 0. The minimum absolute atomic E-state index is 0.0358. The molecule has 12 nitrogen and oxygen atoms in total. The van der Waals surface area contributed by atoms with Crippen molar-refractivity contribution in [3.63, 3.8) is 0 Å². The zero-order chi connectivity index (χ0) is 24.8. The predicted molar refractivity (Wildman–Crippen MR) is 119 cm³/mol. The largest absolute Gasteiger partial charge is 0.480 e. The molecule has 9 N–H and O–H groups in total. The molecule has 0 heterocycles. The number of hydrogen-bond acceptors (Lipinski definition) is 8. The Morgan fingerprint density at radius 2 is 1.53 bits per heavy atom. The number of hydrogen-bond donors (Lipinski definition) is 7. The van der Waals surface area contributed by atoms with E-state index in [1.165, 1.54) is 11.8 Å². The molecule has 0 aromatic carbocycles. The van der Waals surface area contributed by atoms with Crippen LogP contribution in [0.3, 0.4) is 0 Å². The predicted octanol–water partition coefficient (Wildman–Crippen LogP) is -2.09. The molecular weight excluding hydrogens is 442 g/mol. The number of carboxylic acids is 1. The lowest BCUT2D eigenvalue weighted by molar-refractivity contribution is -0.144. The first kappa shape index (κ1) is 29.6. The van der Waals surface area contributed by atoms with Crippen molar-refractivity contribution in [2.75, 3.05) is 18.6 Å². The van der Waals surface area contributed by atoms with Crippen LogP contribution in [0.25, 0.3) is 0 Å². The van der Waals surface area contributed by atoms with Crippen molar-refractivity contribution in [3.8, 4) is 0 Å². The highest BCUT2D eigenvalue weighted by molar-refractivity contribution is 7.98. The molecular formula is C19H35N5O7S. The first-order chi connectivity index (χ1) is 15.0. The summed E-state index contributed by atoms with van der Waals surface area (Å²) >= 11 is 1.43. The van der Waals surface area contributed by atoms with Crippen LogP contribution in [0.5, 0.6) is 0 Å². The highest BCUT2D eigenvalue weighted by Gasteiger charge is 2.31. The second kappa shape index (κ2) is 15.4. The van der Waals surface area contributed by atoms with Crippen LogP contribution in [-0.2, 0) is 24.0 Å². The molecule has 5 unspecified atom stereocenters. The van der Waals surface area contributed by atoms with Gasteiger partial charge in [0, 0.05) is 6.42 Å². The van der Waals surface area contributed by atoms with Crippen molar-refractivity contribution >= 4 is 41.4 Å². The van der Waals surface area contributed by atoms with Crippen LogP contribution in [0.4, 0.5) is 0 Å². The number of amides is 4. The number of carbonyl (C=O) groups excluding carboxylic acids is 4. The Labute approximate surface area is 191 Å². The Balaban J connectivity index is 5.22. The van der Waals surface area contributed by atoms with Crippen molar-refractivity contribution in [1.82, 2.24) is 16.0 Å². The standard InChI is InChI=1S/C19H35N5O7S/c1-4-10(2)15(19(30)31)24-17(28)12(7-8-32-3)22-18(29)13(9-25)23-16(27)11(20)5-6-14(21)26/h10-13,15,25H,4-9,20H2,1-3H3,(H2,21,26)(H,22,29)(H,23,27)(H,24,28)(H,30,31). The zero-order valence-electron chi connectivity index (χ0n) is 18.6. The van der Waals surface area contributed by atoms with Gasteiger partial charge in [-0.3, -0.25) is 19.2 Å². The van der Waals surface area contributed by atoms with Crippen molar-refractivity contribution < 1.29 is 34.2 Å². The molecule has 0 rings (SSSR count). The van der Waals surface area contributed by atoms with E-state index < -0.39 is 60.4 Å². The summed E-state index contributed by atoms with van der Waals surface area (Å²) in [4.78, 5) is 59.7. The summed E-state index contributed by atoms with van der Waals surface area (Å²) in [7, 11) is 0. The molecule has 13 heteroatoms. The van der Waals surface area contributed by atoms with Gasteiger partial charge < -0.3 is 37.6 Å². The van der Waals surface area contributed by atoms with Crippen LogP contribution < -0.4 is 27.4 Å². The van der Waals surface area contributed by atoms with Crippen LogP contribution in [0.1, 0.15) is 39.5 Å². The first-order valence-electron chi connectivity index (χ1n) is 10.3. The molecule has 0 radical (unpaired) electrons. The number of carboxylic acid groups (broad SMARTS) is 1. The van der Waals surface area contributed by atoms with Crippen molar-refractivity contribution in [2.45, 2.75) is 63.7 Å². The molecule has 0 saturated carbocycles. The third-order valence-electron chi connectivity index (χ3n) is 4.87. The topological polar surface area (TPSA) is 214 Å². The summed E-state index contributed by atoms with van der Waals surface area (Å²) in [5.74, 6) is -3.94. The monoisotopic (exact) mass is 477 g/mol. The van der Waals surface area contributed by atoms with Crippen LogP contribution in [-0.4, -0.2) is 82.6 Å². The minimum Gasteiger partial charge on any atom is -0.480 e. The quantitative estimate of drug-likeness (QED) is 0.129. The number of aliphatic hydroxyl groups excluding tert-OH is 1. The molecule has 0 aromatic heterocycles. The number of nitrogens with two attached hydrogens (primary N) is 2. The molecule has 0 aliphatic rings. The maximum Gasteiger partial charge on any atom is 0.326 e. The average Bonchev–Trinajstić information content (AvgIpc) is 2.75. The third-order valence-corrected chi connectivity index (χ3v) is 5.52.